The number of aryl methyl sites for hydroxylation is 1. The highest BCUT2D eigenvalue weighted by Gasteiger charge is 2.14. The molecule has 0 amide bonds. The Hall–Kier alpha value is 0.190. The number of rotatable bonds is 5. The number of hydrogen-bond donors (Lipinski definition) is 0. The van der Waals surface area contributed by atoms with Crippen LogP contribution in [0.2, 0.25) is 0 Å². The Morgan fingerprint density at radius 3 is 2.31 bits per heavy atom. The first-order valence-corrected chi connectivity index (χ1v) is 8.67. The van der Waals surface area contributed by atoms with Crippen LogP contribution in [0.15, 0.2) is 18.2 Å². The highest BCUT2D eigenvalue weighted by atomic mass is 35.9. The topological polar surface area (TPSA) is 3.24 Å². The molecule has 0 aliphatic carbocycles. The van der Waals surface area contributed by atoms with Crippen LogP contribution >= 0.6 is 29.1 Å². The molecule has 0 atom stereocenters. The monoisotopic (exact) mass is 277 g/mol. The summed E-state index contributed by atoms with van der Waals surface area (Å²) in [6.45, 7) is 8.38. The van der Waals surface area contributed by atoms with Crippen LogP contribution in [0.4, 0.5) is 0 Å². The van der Waals surface area contributed by atoms with Crippen LogP contribution < -0.4 is 5.30 Å². The summed E-state index contributed by atoms with van der Waals surface area (Å²) in [6.07, 6.45) is 0. The van der Waals surface area contributed by atoms with Crippen molar-refractivity contribution in [1.82, 2.24) is 4.90 Å². The van der Waals surface area contributed by atoms with E-state index >= 15 is 0 Å². The van der Waals surface area contributed by atoms with E-state index in [-0.39, 0.29) is 0 Å². The standard InChI is InChI=1S/C12H18Cl2NP/c1-4-15(5-2)9-11-8-6-7-10(3)12(11)16(13)14/h6-8H,4-5,9H2,1-3H3. The molecule has 0 heterocycles. The molecule has 0 aromatic heterocycles. The van der Waals surface area contributed by atoms with Gasteiger partial charge in [-0.05, 0) is 31.1 Å². The van der Waals surface area contributed by atoms with Crippen LogP contribution in [0, 0.1) is 6.92 Å². The molecule has 0 saturated heterocycles. The maximum atomic E-state index is 6.10. The van der Waals surface area contributed by atoms with E-state index in [1.807, 2.05) is 0 Å². The fourth-order valence-electron chi connectivity index (χ4n) is 1.78. The van der Waals surface area contributed by atoms with Gasteiger partial charge in [0.2, 0.25) is 0 Å². The van der Waals surface area contributed by atoms with Gasteiger partial charge in [-0.25, -0.2) is 0 Å². The lowest BCUT2D eigenvalue weighted by Gasteiger charge is -2.21. The third kappa shape index (κ3) is 3.60. The number of nitrogens with zero attached hydrogens (tertiary/aromatic N) is 1. The van der Waals surface area contributed by atoms with Gasteiger partial charge in [0, 0.05) is 11.8 Å². The second-order valence-electron chi connectivity index (χ2n) is 3.78. The van der Waals surface area contributed by atoms with Crippen LogP contribution in [0.3, 0.4) is 0 Å². The molecule has 90 valence electrons. The van der Waals surface area contributed by atoms with E-state index in [1.54, 1.807) is 0 Å². The van der Waals surface area contributed by atoms with E-state index in [2.05, 4.69) is 43.9 Å². The molecule has 1 rings (SSSR count). The summed E-state index contributed by atoms with van der Waals surface area (Å²) in [7, 11) is 0. The van der Waals surface area contributed by atoms with Crippen molar-refractivity contribution < 1.29 is 0 Å². The summed E-state index contributed by atoms with van der Waals surface area (Å²) in [5.41, 5.74) is 2.46. The minimum absolute atomic E-state index is 0.933. The summed E-state index contributed by atoms with van der Waals surface area (Å²) < 4.78 is 0. The van der Waals surface area contributed by atoms with Crippen molar-refractivity contribution >= 4 is 34.4 Å². The summed E-state index contributed by atoms with van der Waals surface area (Å²) >= 11 is 12.2. The highest BCUT2D eigenvalue weighted by molar-refractivity contribution is 8.09. The predicted molar refractivity (Wildman–Crippen MR) is 76.1 cm³/mol. The first-order chi connectivity index (χ1) is 7.60. The van der Waals surface area contributed by atoms with Gasteiger partial charge in [-0.15, -0.1) is 0 Å². The molecule has 0 bridgehead atoms. The first kappa shape index (κ1) is 14.3. The molecular weight excluding hydrogens is 260 g/mol. The second kappa shape index (κ2) is 6.81. The Bertz CT molecular complexity index is 338. The molecule has 0 unspecified atom stereocenters. The Morgan fingerprint density at radius 1 is 1.19 bits per heavy atom. The van der Waals surface area contributed by atoms with Gasteiger partial charge < -0.3 is 0 Å². The molecule has 0 spiro atoms. The number of benzene rings is 1. The van der Waals surface area contributed by atoms with E-state index in [1.165, 1.54) is 11.1 Å². The van der Waals surface area contributed by atoms with Gasteiger partial charge in [0.15, 0.2) is 0 Å². The molecule has 0 radical (unpaired) electrons. The number of halogens is 2. The summed E-state index contributed by atoms with van der Waals surface area (Å²) in [5, 5.41) is 1.13. The molecular formula is C12H18Cl2NP. The Morgan fingerprint density at radius 2 is 1.81 bits per heavy atom. The van der Waals surface area contributed by atoms with Gasteiger partial charge in [0.25, 0.3) is 0 Å². The Balaban J connectivity index is 2.99. The maximum Gasteiger partial charge on any atom is 0.117 e. The Kier molecular flexibility index (Phi) is 6.07. The fraction of sp³-hybridized carbons (Fsp3) is 0.500. The summed E-state index contributed by atoms with van der Waals surface area (Å²) in [6, 6.07) is 6.27. The molecule has 0 aliphatic heterocycles. The summed E-state index contributed by atoms with van der Waals surface area (Å²) in [5.74, 6) is 0. The van der Waals surface area contributed by atoms with Crippen molar-refractivity contribution in [2.75, 3.05) is 13.1 Å². The minimum Gasteiger partial charge on any atom is -0.300 e. The van der Waals surface area contributed by atoms with Crippen LogP contribution in [0.5, 0.6) is 0 Å². The van der Waals surface area contributed by atoms with Gasteiger partial charge in [-0.1, -0.05) is 54.5 Å². The fourth-order valence-corrected chi connectivity index (χ4v) is 3.93. The normalized spacial score (nSPS) is 11.4. The molecule has 4 heteroatoms. The smallest absolute Gasteiger partial charge is 0.117 e. The van der Waals surface area contributed by atoms with Gasteiger partial charge in [-0.3, -0.25) is 4.90 Å². The van der Waals surface area contributed by atoms with E-state index in [0.717, 1.165) is 24.9 Å². The van der Waals surface area contributed by atoms with Crippen LogP contribution in [-0.4, -0.2) is 18.0 Å². The van der Waals surface area contributed by atoms with Crippen LogP contribution in [0.1, 0.15) is 25.0 Å². The molecule has 0 fully saturated rings. The van der Waals surface area contributed by atoms with Crippen molar-refractivity contribution in [1.29, 1.82) is 0 Å². The third-order valence-electron chi connectivity index (χ3n) is 2.78. The minimum atomic E-state index is -1.06. The molecule has 0 N–H and O–H groups in total. The molecule has 0 aliphatic rings. The largest absolute Gasteiger partial charge is 0.300 e. The molecule has 16 heavy (non-hydrogen) atoms. The SMILES string of the molecule is CCN(CC)Cc1cccc(C)c1P(Cl)Cl. The van der Waals surface area contributed by atoms with Crippen LogP contribution in [-0.2, 0) is 6.54 Å². The zero-order chi connectivity index (χ0) is 12.1. The van der Waals surface area contributed by atoms with E-state index in [4.69, 9.17) is 22.5 Å². The predicted octanol–water partition coefficient (Wildman–Crippen LogP) is 4.25. The van der Waals surface area contributed by atoms with Crippen molar-refractivity contribution in [3.63, 3.8) is 0 Å². The summed E-state index contributed by atoms with van der Waals surface area (Å²) in [4.78, 5) is 2.37. The zero-order valence-electron chi connectivity index (χ0n) is 10.0. The lowest BCUT2D eigenvalue weighted by Crippen LogP contribution is -2.25. The molecule has 1 nitrogen and oxygen atoms in total. The maximum absolute atomic E-state index is 6.10. The molecule has 0 saturated carbocycles. The van der Waals surface area contributed by atoms with E-state index in [0.29, 0.717) is 0 Å². The Labute approximate surface area is 109 Å². The average molecular weight is 278 g/mol. The zero-order valence-corrected chi connectivity index (χ0v) is 12.4. The van der Waals surface area contributed by atoms with Gasteiger partial charge in [0.05, 0.1) is 0 Å². The lowest BCUT2D eigenvalue weighted by molar-refractivity contribution is 0.296. The van der Waals surface area contributed by atoms with Crippen molar-refractivity contribution in [3.8, 4) is 0 Å². The quantitative estimate of drug-likeness (QED) is 0.728. The van der Waals surface area contributed by atoms with Crippen molar-refractivity contribution in [2.45, 2.75) is 27.3 Å². The third-order valence-corrected chi connectivity index (χ3v) is 4.77. The van der Waals surface area contributed by atoms with Gasteiger partial charge in [-0.2, -0.15) is 0 Å². The highest BCUT2D eigenvalue weighted by Crippen LogP contribution is 2.47. The van der Waals surface area contributed by atoms with Crippen molar-refractivity contribution in [3.05, 3.63) is 29.3 Å². The number of hydrogen-bond acceptors (Lipinski definition) is 1. The molecule has 1 aromatic carbocycles. The first-order valence-electron chi connectivity index (χ1n) is 5.52. The lowest BCUT2D eigenvalue weighted by atomic mass is 10.1. The van der Waals surface area contributed by atoms with E-state index < -0.39 is 6.63 Å². The van der Waals surface area contributed by atoms with Gasteiger partial charge >= 0.3 is 0 Å². The molecule has 1 aromatic rings. The van der Waals surface area contributed by atoms with Gasteiger partial charge in [0.1, 0.15) is 6.63 Å². The van der Waals surface area contributed by atoms with Crippen LogP contribution in [0.25, 0.3) is 0 Å². The average Bonchev–Trinajstić information content (AvgIpc) is 2.25. The second-order valence-corrected chi connectivity index (χ2v) is 7.24. The van der Waals surface area contributed by atoms with Crippen molar-refractivity contribution in [2.24, 2.45) is 0 Å². The van der Waals surface area contributed by atoms with E-state index in [9.17, 15) is 0 Å².